The van der Waals surface area contributed by atoms with Gasteiger partial charge >= 0.3 is 5.97 Å². The Morgan fingerprint density at radius 2 is 1.56 bits per heavy atom. The average Bonchev–Trinajstić information content (AvgIpc) is 2.81. The summed E-state index contributed by atoms with van der Waals surface area (Å²) in [4.78, 5) is 11.9. The predicted octanol–water partition coefficient (Wildman–Crippen LogP) is 7.39. The quantitative estimate of drug-likeness (QED) is 0.348. The summed E-state index contributed by atoms with van der Waals surface area (Å²) in [5.41, 5.74) is 7.49. The molecule has 0 aliphatic heterocycles. The number of para-hydroxylation sites is 1. The summed E-state index contributed by atoms with van der Waals surface area (Å²) in [5.74, 6) is 0.635. The number of fused-ring (bicyclic) bond motifs is 1. The monoisotopic (exact) mass is 456 g/mol. The number of carbonyl (C=O) groups is 1. The Balaban J connectivity index is 1.56. The highest BCUT2D eigenvalue weighted by Gasteiger charge is 2.36. The summed E-state index contributed by atoms with van der Waals surface area (Å²) in [7, 11) is 0. The topological polar surface area (TPSA) is 35.5 Å². The second-order valence-corrected chi connectivity index (χ2v) is 10.6. The fourth-order valence-corrected chi connectivity index (χ4v) is 4.95. The second kappa shape index (κ2) is 9.66. The van der Waals surface area contributed by atoms with E-state index in [4.69, 9.17) is 9.47 Å². The number of hydrogen-bond donors (Lipinski definition) is 0. The van der Waals surface area contributed by atoms with Gasteiger partial charge in [-0.15, -0.1) is 0 Å². The van der Waals surface area contributed by atoms with Gasteiger partial charge in [-0.3, -0.25) is 4.79 Å². The number of benzene rings is 3. The van der Waals surface area contributed by atoms with Crippen LogP contribution in [0.1, 0.15) is 69.7 Å². The van der Waals surface area contributed by atoms with Crippen LogP contribution in [0.15, 0.2) is 66.7 Å². The van der Waals surface area contributed by atoms with Crippen LogP contribution >= 0.6 is 0 Å². The van der Waals surface area contributed by atoms with E-state index in [9.17, 15) is 4.79 Å². The third kappa shape index (κ3) is 5.19. The van der Waals surface area contributed by atoms with Crippen LogP contribution < -0.4 is 4.74 Å². The minimum absolute atomic E-state index is 0.179. The van der Waals surface area contributed by atoms with Crippen molar-refractivity contribution in [3.63, 3.8) is 0 Å². The highest BCUT2D eigenvalue weighted by molar-refractivity contribution is 5.75. The summed E-state index contributed by atoms with van der Waals surface area (Å²) in [6.07, 6.45) is 2.68. The molecule has 1 aliphatic carbocycles. The highest BCUT2D eigenvalue weighted by Crippen LogP contribution is 2.46. The molecular weight excluding hydrogens is 420 g/mol. The van der Waals surface area contributed by atoms with Crippen molar-refractivity contribution in [2.75, 3.05) is 6.61 Å². The van der Waals surface area contributed by atoms with Gasteiger partial charge in [-0.1, -0.05) is 88.4 Å². The van der Waals surface area contributed by atoms with E-state index in [2.05, 4.69) is 58.0 Å². The second-order valence-electron chi connectivity index (χ2n) is 10.6. The Morgan fingerprint density at radius 1 is 0.824 bits per heavy atom. The molecule has 0 saturated heterocycles. The van der Waals surface area contributed by atoms with Gasteiger partial charge in [-0.05, 0) is 64.5 Å². The fourth-order valence-electron chi connectivity index (χ4n) is 4.95. The zero-order valence-electron chi connectivity index (χ0n) is 21.1. The molecule has 0 atom stereocenters. The maximum absolute atomic E-state index is 11.9. The molecule has 0 spiro atoms. The SMILES string of the molecule is CCOC(=O)Cc1cccc(-c2ccccc2OCc2ccc3c(c2)C(C)(C)CCC3(C)C)c1. The Morgan fingerprint density at radius 3 is 2.32 bits per heavy atom. The van der Waals surface area contributed by atoms with Crippen LogP contribution in [0.4, 0.5) is 0 Å². The smallest absolute Gasteiger partial charge is 0.310 e. The molecule has 0 saturated carbocycles. The van der Waals surface area contributed by atoms with Crippen LogP contribution in [-0.4, -0.2) is 12.6 Å². The van der Waals surface area contributed by atoms with E-state index in [1.54, 1.807) is 0 Å². The first-order chi connectivity index (χ1) is 16.2. The minimum Gasteiger partial charge on any atom is -0.488 e. The van der Waals surface area contributed by atoms with E-state index in [-0.39, 0.29) is 23.2 Å². The zero-order valence-corrected chi connectivity index (χ0v) is 21.1. The normalized spacial score (nSPS) is 15.9. The highest BCUT2D eigenvalue weighted by atomic mass is 16.5. The van der Waals surface area contributed by atoms with Crippen LogP contribution in [0.2, 0.25) is 0 Å². The van der Waals surface area contributed by atoms with Crippen molar-refractivity contribution >= 4 is 5.97 Å². The molecule has 0 unspecified atom stereocenters. The van der Waals surface area contributed by atoms with Crippen LogP contribution in [-0.2, 0) is 33.4 Å². The van der Waals surface area contributed by atoms with Crippen LogP contribution in [0.5, 0.6) is 5.75 Å². The number of carbonyl (C=O) groups excluding carboxylic acids is 1. The van der Waals surface area contributed by atoms with E-state index < -0.39 is 0 Å². The van der Waals surface area contributed by atoms with Gasteiger partial charge in [-0.2, -0.15) is 0 Å². The summed E-state index contributed by atoms with van der Waals surface area (Å²) in [5, 5.41) is 0. The lowest BCUT2D eigenvalue weighted by Gasteiger charge is -2.42. The van der Waals surface area contributed by atoms with Gasteiger partial charge in [0.05, 0.1) is 13.0 Å². The number of esters is 1. The first kappa shape index (κ1) is 24.1. The Hall–Kier alpha value is -3.07. The molecule has 0 N–H and O–H groups in total. The Kier molecular flexibility index (Phi) is 6.84. The molecule has 0 bridgehead atoms. The molecule has 34 heavy (non-hydrogen) atoms. The first-order valence-corrected chi connectivity index (χ1v) is 12.3. The number of rotatable bonds is 7. The van der Waals surface area contributed by atoms with Crippen molar-refractivity contribution in [2.24, 2.45) is 0 Å². The molecule has 3 nitrogen and oxygen atoms in total. The van der Waals surface area contributed by atoms with Gasteiger partial charge in [-0.25, -0.2) is 0 Å². The predicted molar refractivity (Wildman–Crippen MR) is 138 cm³/mol. The molecule has 178 valence electrons. The van der Waals surface area contributed by atoms with Gasteiger partial charge in [0.15, 0.2) is 0 Å². The van der Waals surface area contributed by atoms with Gasteiger partial charge in [0.1, 0.15) is 12.4 Å². The van der Waals surface area contributed by atoms with Gasteiger partial charge in [0.2, 0.25) is 0 Å². The molecular formula is C31H36O3. The largest absolute Gasteiger partial charge is 0.488 e. The summed E-state index contributed by atoms with van der Waals surface area (Å²) in [6, 6.07) is 23.0. The van der Waals surface area contributed by atoms with Crippen molar-refractivity contribution < 1.29 is 14.3 Å². The van der Waals surface area contributed by atoms with Crippen LogP contribution in [0, 0.1) is 0 Å². The van der Waals surface area contributed by atoms with Crippen LogP contribution in [0.3, 0.4) is 0 Å². The molecule has 4 rings (SSSR count). The molecule has 3 aromatic carbocycles. The fraction of sp³-hybridized carbons (Fsp3) is 0.387. The lowest BCUT2D eigenvalue weighted by atomic mass is 9.63. The lowest BCUT2D eigenvalue weighted by Crippen LogP contribution is -2.33. The Labute approximate surface area is 204 Å². The Bertz CT molecular complexity index is 1170. The molecule has 0 aromatic heterocycles. The summed E-state index contributed by atoms with van der Waals surface area (Å²) >= 11 is 0. The first-order valence-electron chi connectivity index (χ1n) is 12.3. The summed E-state index contributed by atoms with van der Waals surface area (Å²) in [6.45, 7) is 12.1. The molecule has 0 fully saturated rings. The molecule has 3 aromatic rings. The average molecular weight is 457 g/mol. The molecule has 3 heteroatoms. The van der Waals surface area contributed by atoms with E-state index >= 15 is 0 Å². The standard InChI is InChI=1S/C31H36O3/c1-6-33-29(32)20-22-10-9-11-24(18-22)25-12-7-8-13-28(25)34-21-23-14-15-26-27(19-23)31(4,5)17-16-30(26,2)3/h7-15,18-19H,6,16-17,20-21H2,1-5H3. The van der Waals surface area contributed by atoms with E-state index in [1.807, 2.05) is 43.3 Å². The third-order valence-electron chi connectivity index (χ3n) is 7.09. The zero-order chi connectivity index (χ0) is 24.3. The van der Waals surface area contributed by atoms with E-state index in [1.165, 1.54) is 29.5 Å². The third-order valence-corrected chi connectivity index (χ3v) is 7.09. The summed E-state index contributed by atoms with van der Waals surface area (Å²) < 4.78 is 11.5. The maximum atomic E-state index is 11.9. The van der Waals surface area contributed by atoms with Gasteiger partial charge in [0.25, 0.3) is 0 Å². The molecule has 0 heterocycles. The van der Waals surface area contributed by atoms with Gasteiger partial charge < -0.3 is 9.47 Å². The lowest BCUT2D eigenvalue weighted by molar-refractivity contribution is -0.142. The molecule has 1 aliphatic rings. The minimum atomic E-state index is -0.206. The van der Waals surface area contributed by atoms with Crippen molar-refractivity contribution in [3.8, 4) is 16.9 Å². The van der Waals surface area contributed by atoms with Crippen molar-refractivity contribution in [2.45, 2.75) is 71.3 Å². The maximum Gasteiger partial charge on any atom is 0.310 e. The van der Waals surface area contributed by atoms with Crippen molar-refractivity contribution in [1.82, 2.24) is 0 Å². The molecule has 0 amide bonds. The van der Waals surface area contributed by atoms with Crippen molar-refractivity contribution in [3.05, 3.63) is 89.0 Å². The van der Waals surface area contributed by atoms with Crippen LogP contribution in [0.25, 0.3) is 11.1 Å². The van der Waals surface area contributed by atoms with E-state index in [0.717, 1.165) is 22.4 Å². The van der Waals surface area contributed by atoms with Gasteiger partial charge in [0, 0.05) is 5.56 Å². The van der Waals surface area contributed by atoms with Crippen molar-refractivity contribution in [1.29, 1.82) is 0 Å². The number of hydrogen-bond acceptors (Lipinski definition) is 3. The number of ether oxygens (including phenoxy) is 2. The molecule has 0 radical (unpaired) electrons. The van der Waals surface area contributed by atoms with E-state index in [0.29, 0.717) is 13.2 Å².